The number of alkyl halides is 3. The Bertz CT molecular complexity index is 991. The minimum atomic E-state index is -4.55. The van der Waals surface area contributed by atoms with Crippen molar-refractivity contribution in [1.82, 2.24) is 0 Å². The molecule has 29 heavy (non-hydrogen) atoms. The van der Waals surface area contributed by atoms with E-state index >= 15 is 0 Å². The second kappa shape index (κ2) is 7.53. The zero-order valence-electron chi connectivity index (χ0n) is 15.2. The number of hydrogen-bond donors (Lipinski definition) is 1. The number of rotatable bonds is 5. The highest BCUT2D eigenvalue weighted by Gasteiger charge is 2.37. The minimum Gasteiger partial charge on any atom is -0.375 e. The Kier molecular flexibility index (Phi) is 5.27. The number of nitrogens with one attached hydrogen (secondary N) is 1. The van der Waals surface area contributed by atoms with Crippen LogP contribution in [0.1, 0.15) is 24.5 Å². The molecule has 152 valence electrons. The van der Waals surface area contributed by atoms with Gasteiger partial charge in [-0.3, -0.25) is 24.6 Å². The average Bonchev–Trinajstić information content (AvgIpc) is 2.91. The number of nitro benzene ring substituents is 1. The molecule has 0 unspecified atom stereocenters. The van der Waals surface area contributed by atoms with Crippen LogP contribution in [0.5, 0.6) is 0 Å². The SMILES string of the molecule is C[C@H]1CC(=O)N(c2ccc(NCc3ccccc3C(F)(F)F)c([N+](=O)[O-])c2)C1=O. The molecule has 1 aliphatic rings. The molecule has 2 aromatic rings. The largest absolute Gasteiger partial charge is 0.416 e. The van der Waals surface area contributed by atoms with Gasteiger partial charge in [-0.05, 0) is 23.8 Å². The summed E-state index contributed by atoms with van der Waals surface area (Å²) >= 11 is 0. The molecule has 0 aliphatic carbocycles. The van der Waals surface area contributed by atoms with Gasteiger partial charge in [-0.15, -0.1) is 0 Å². The van der Waals surface area contributed by atoms with Gasteiger partial charge in [0.05, 0.1) is 16.2 Å². The molecule has 2 aromatic carbocycles. The summed E-state index contributed by atoms with van der Waals surface area (Å²) in [6.45, 7) is 1.29. The molecule has 1 saturated heterocycles. The first kappa shape index (κ1) is 20.3. The summed E-state index contributed by atoms with van der Waals surface area (Å²) in [5.41, 5.74) is -1.33. The van der Waals surface area contributed by atoms with Crippen molar-refractivity contribution in [2.75, 3.05) is 10.2 Å². The predicted octanol–water partition coefficient (Wildman–Crippen LogP) is 4.13. The molecule has 3 rings (SSSR count). The molecule has 1 atom stereocenters. The van der Waals surface area contributed by atoms with Gasteiger partial charge in [0.1, 0.15) is 5.69 Å². The lowest BCUT2D eigenvalue weighted by atomic mass is 10.1. The molecule has 10 heteroatoms. The lowest BCUT2D eigenvalue weighted by Crippen LogP contribution is -2.30. The summed E-state index contributed by atoms with van der Waals surface area (Å²) < 4.78 is 39.3. The van der Waals surface area contributed by atoms with E-state index in [9.17, 15) is 32.9 Å². The van der Waals surface area contributed by atoms with Gasteiger partial charge in [-0.25, -0.2) is 0 Å². The maximum absolute atomic E-state index is 13.1. The number of carbonyl (C=O) groups excluding carboxylic acids is 2. The fourth-order valence-electron chi connectivity index (χ4n) is 3.16. The number of anilines is 2. The van der Waals surface area contributed by atoms with E-state index in [0.29, 0.717) is 0 Å². The smallest absolute Gasteiger partial charge is 0.375 e. The van der Waals surface area contributed by atoms with Crippen LogP contribution in [0.4, 0.5) is 30.2 Å². The van der Waals surface area contributed by atoms with Crippen LogP contribution in [-0.2, 0) is 22.3 Å². The van der Waals surface area contributed by atoms with Crippen molar-refractivity contribution in [3.63, 3.8) is 0 Å². The van der Waals surface area contributed by atoms with Crippen LogP contribution in [0, 0.1) is 16.0 Å². The third kappa shape index (κ3) is 4.05. The Hall–Kier alpha value is -3.43. The lowest BCUT2D eigenvalue weighted by Gasteiger charge is -2.16. The van der Waals surface area contributed by atoms with Crippen molar-refractivity contribution in [3.8, 4) is 0 Å². The minimum absolute atomic E-state index is 0.0147. The highest BCUT2D eigenvalue weighted by molar-refractivity contribution is 6.21. The quantitative estimate of drug-likeness (QED) is 0.457. The number of benzene rings is 2. The van der Waals surface area contributed by atoms with Crippen LogP contribution < -0.4 is 10.2 Å². The van der Waals surface area contributed by atoms with E-state index in [1.54, 1.807) is 6.92 Å². The summed E-state index contributed by atoms with van der Waals surface area (Å²) in [5, 5.41) is 14.1. The second-order valence-electron chi connectivity index (χ2n) is 6.64. The van der Waals surface area contributed by atoms with Gasteiger partial charge in [0.15, 0.2) is 0 Å². The summed E-state index contributed by atoms with van der Waals surface area (Å²) in [7, 11) is 0. The van der Waals surface area contributed by atoms with Gasteiger partial charge < -0.3 is 5.32 Å². The molecule has 2 amide bonds. The maximum atomic E-state index is 13.1. The molecule has 0 aromatic heterocycles. The third-order valence-electron chi connectivity index (χ3n) is 4.60. The van der Waals surface area contributed by atoms with Gasteiger partial charge in [0.25, 0.3) is 5.69 Å². The number of imide groups is 1. The summed E-state index contributed by atoms with van der Waals surface area (Å²) in [6, 6.07) is 8.58. The second-order valence-corrected chi connectivity index (χ2v) is 6.64. The Labute approximate surface area is 163 Å². The van der Waals surface area contributed by atoms with E-state index in [-0.39, 0.29) is 29.9 Å². The molecule has 1 N–H and O–H groups in total. The van der Waals surface area contributed by atoms with E-state index in [1.165, 1.54) is 30.3 Å². The highest BCUT2D eigenvalue weighted by atomic mass is 19.4. The van der Waals surface area contributed by atoms with Gasteiger partial charge in [0, 0.05) is 24.9 Å². The Balaban J connectivity index is 1.89. The van der Waals surface area contributed by atoms with Crippen LogP contribution in [0.25, 0.3) is 0 Å². The molecular weight excluding hydrogens is 391 g/mol. The molecule has 0 radical (unpaired) electrons. The Morgan fingerprint density at radius 2 is 1.90 bits per heavy atom. The maximum Gasteiger partial charge on any atom is 0.416 e. The van der Waals surface area contributed by atoms with Crippen LogP contribution in [0.2, 0.25) is 0 Å². The molecular formula is C19H16F3N3O4. The van der Waals surface area contributed by atoms with Gasteiger partial charge in [-0.2, -0.15) is 13.2 Å². The van der Waals surface area contributed by atoms with Crippen molar-refractivity contribution in [1.29, 1.82) is 0 Å². The number of halogens is 3. The molecule has 1 fully saturated rings. The average molecular weight is 407 g/mol. The normalized spacial score (nSPS) is 17.0. The number of hydrogen-bond acceptors (Lipinski definition) is 5. The van der Waals surface area contributed by atoms with E-state index in [4.69, 9.17) is 0 Å². The standard InChI is InChI=1S/C19H16F3N3O4/c1-11-8-17(26)24(18(11)27)13-6-7-15(16(9-13)25(28)29)23-10-12-4-2-3-5-14(12)19(20,21)22/h2-7,9,11,23H,8,10H2,1H3/t11-/m0/s1. The summed E-state index contributed by atoms with van der Waals surface area (Å²) in [6.07, 6.45) is -4.54. The van der Waals surface area contributed by atoms with Crippen molar-refractivity contribution < 1.29 is 27.7 Å². The van der Waals surface area contributed by atoms with E-state index < -0.39 is 40.1 Å². The number of nitro groups is 1. The van der Waals surface area contributed by atoms with Crippen LogP contribution >= 0.6 is 0 Å². The lowest BCUT2D eigenvalue weighted by molar-refractivity contribution is -0.383. The molecule has 1 aliphatic heterocycles. The topological polar surface area (TPSA) is 92.6 Å². The first-order valence-corrected chi connectivity index (χ1v) is 8.64. The summed E-state index contributed by atoms with van der Waals surface area (Å²) in [5.74, 6) is -1.43. The fourth-order valence-corrected chi connectivity index (χ4v) is 3.16. The van der Waals surface area contributed by atoms with E-state index in [1.807, 2.05) is 0 Å². The highest BCUT2D eigenvalue weighted by Crippen LogP contribution is 2.35. The van der Waals surface area contributed by atoms with E-state index in [2.05, 4.69) is 5.32 Å². The van der Waals surface area contributed by atoms with Gasteiger partial charge in [0.2, 0.25) is 11.8 Å². The van der Waals surface area contributed by atoms with Crippen molar-refractivity contribution in [2.24, 2.45) is 5.92 Å². The Morgan fingerprint density at radius 1 is 1.21 bits per heavy atom. The summed E-state index contributed by atoms with van der Waals surface area (Å²) in [4.78, 5) is 35.8. The first-order valence-electron chi connectivity index (χ1n) is 8.64. The zero-order chi connectivity index (χ0) is 21.3. The van der Waals surface area contributed by atoms with Gasteiger partial charge in [-0.1, -0.05) is 25.1 Å². The number of amides is 2. The molecule has 7 nitrogen and oxygen atoms in total. The number of nitrogens with zero attached hydrogens (tertiary/aromatic N) is 2. The third-order valence-corrected chi connectivity index (χ3v) is 4.60. The van der Waals surface area contributed by atoms with E-state index in [0.717, 1.165) is 17.0 Å². The predicted molar refractivity (Wildman–Crippen MR) is 98.1 cm³/mol. The number of carbonyl (C=O) groups is 2. The van der Waals surface area contributed by atoms with Crippen LogP contribution in [-0.4, -0.2) is 16.7 Å². The van der Waals surface area contributed by atoms with Crippen LogP contribution in [0.3, 0.4) is 0 Å². The van der Waals surface area contributed by atoms with Crippen molar-refractivity contribution >= 4 is 28.9 Å². The van der Waals surface area contributed by atoms with Crippen molar-refractivity contribution in [2.45, 2.75) is 26.1 Å². The monoisotopic (exact) mass is 407 g/mol. The molecule has 0 saturated carbocycles. The molecule has 1 heterocycles. The van der Waals surface area contributed by atoms with Crippen molar-refractivity contribution in [3.05, 3.63) is 63.7 Å². The first-order chi connectivity index (χ1) is 13.6. The molecule has 0 bridgehead atoms. The Morgan fingerprint density at radius 3 is 2.48 bits per heavy atom. The van der Waals surface area contributed by atoms with Gasteiger partial charge >= 0.3 is 6.18 Å². The van der Waals surface area contributed by atoms with Crippen LogP contribution in [0.15, 0.2) is 42.5 Å². The fraction of sp³-hybridized carbons (Fsp3) is 0.263. The molecule has 0 spiro atoms. The zero-order valence-corrected chi connectivity index (χ0v) is 15.2.